The van der Waals surface area contributed by atoms with E-state index in [1.54, 1.807) is 5.30 Å². The van der Waals surface area contributed by atoms with Crippen LogP contribution in [0.25, 0.3) is 11.1 Å². The molecule has 3 aromatic rings. The Balaban J connectivity index is 0. The molecular formula is C29H44N2O3PPdS+. The van der Waals surface area contributed by atoms with Gasteiger partial charge in [-0.25, -0.2) is 0 Å². The third-order valence-electron chi connectivity index (χ3n) is 5.13. The van der Waals surface area contributed by atoms with Gasteiger partial charge in [0.2, 0.25) is 0 Å². The van der Waals surface area contributed by atoms with Crippen molar-refractivity contribution in [1.82, 2.24) is 0 Å². The van der Waals surface area contributed by atoms with Crippen molar-refractivity contribution in [1.29, 1.82) is 0 Å². The molecule has 0 atom stereocenters. The van der Waals surface area contributed by atoms with Gasteiger partial charge in [-0.15, -0.1) is 35.9 Å². The maximum absolute atomic E-state index is 8.56. The first-order valence-electron chi connectivity index (χ1n) is 11.4. The second-order valence-electron chi connectivity index (χ2n) is 10.4. The van der Waals surface area contributed by atoms with Crippen molar-refractivity contribution in [2.75, 3.05) is 24.7 Å². The van der Waals surface area contributed by atoms with Gasteiger partial charge in [-0.2, -0.15) is 0 Å². The van der Waals surface area contributed by atoms with Gasteiger partial charge in [0.15, 0.2) is 0 Å². The fourth-order valence-corrected chi connectivity index (χ4v) is 8.70. The average Bonchev–Trinajstić information content (AvgIpc) is 2.73. The summed E-state index contributed by atoms with van der Waals surface area (Å²) >= 11 is 0. The van der Waals surface area contributed by atoms with E-state index in [1.165, 1.54) is 5.69 Å². The maximum atomic E-state index is 8.56. The number of rotatable bonds is 3. The molecule has 0 aliphatic carbocycles. The topological polar surface area (TPSA) is 83.6 Å². The Hall–Kier alpha value is -1.74. The molecule has 3 N–H and O–H groups in total. The molecule has 0 amide bonds. The SMILES string of the molecule is C.CN(C)c1ccc([PH+](C(C)(C)C)C(C)(C)C)cc1.Nc1ccccc1-c1[c-]cccc1.O=[S-](=O)O.[Pd+2]. The number of benzene rings is 3. The Kier molecular flexibility index (Phi) is 17.2. The summed E-state index contributed by atoms with van der Waals surface area (Å²) in [6, 6.07) is 27.9. The first-order valence-corrected chi connectivity index (χ1v) is 13.9. The van der Waals surface area contributed by atoms with Crippen LogP contribution < -0.4 is 15.9 Å². The summed E-state index contributed by atoms with van der Waals surface area (Å²) < 4.78 is 24.1. The van der Waals surface area contributed by atoms with Crippen LogP contribution in [-0.2, 0) is 39.8 Å². The number of hydrogen-bond donors (Lipinski definition) is 2. The Morgan fingerprint density at radius 1 is 0.838 bits per heavy atom. The first kappa shape index (κ1) is 37.4. The van der Waals surface area contributed by atoms with Crippen LogP contribution in [0, 0.1) is 6.07 Å². The van der Waals surface area contributed by atoms with Crippen LogP contribution in [0.5, 0.6) is 0 Å². The number of nitrogens with zero attached hydrogens (tertiary/aromatic N) is 1. The van der Waals surface area contributed by atoms with Crippen LogP contribution in [0.15, 0.2) is 72.8 Å². The van der Waals surface area contributed by atoms with Crippen LogP contribution in [0.2, 0.25) is 0 Å². The second-order valence-corrected chi connectivity index (χ2v) is 15.2. The van der Waals surface area contributed by atoms with Crippen molar-refractivity contribution in [3.8, 4) is 11.1 Å². The molecule has 0 aliphatic rings. The summed E-state index contributed by atoms with van der Waals surface area (Å²) in [6.45, 7) is 14.3. The van der Waals surface area contributed by atoms with Gasteiger partial charge in [0.25, 0.3) is 0 Å². The molecule has 0 aliphatic heterocycles. The van der Waals surface area contributed by atoms with Gasteiger partial charge in [-0.3, -0.25) is 0 Å². The van der Waals surface area contributed by atoms with Crippen molar-refractivity contribution in [2.24, 2.45) is 0 Å². The molecule has 3 rings (SSSR count). The average molecular weight is 638 g/mol. The van der Waals surface area contributed by atoms with Gasteiger partial charge in [-0.1, -0.05) is 31.2 Å². The normalized spacial score (nSPS) is 10.7. The summed E-state index contributed by atoms with van der Waals surface area (Å²) in [5, 5.41) is 2.30. The molecule has 0 saturated heterocycles. The van der Waals surface area contributed by atoms with E-state index in [4.69, 9.17) is 18.7 Å². The minimum atomic E-state index is -2.86. The van der Waals surface area contributed by atoms with Crippen molar-refractivity contribution < 1.29 is 33.4 Å². The van der Waals surface area contributed by atoms with E-state index in [2.05, 4.69) is 90.9 Å². The van der Waals surface area contributed by atoms with E-state index < -0.39 is 18.9 Å². The summed E-state index contributed by atoms with van der Waals surface area (Å²) in [7, 11) is 0.709. The predicted octanol–water partition coefficient (Wildman–Crippen LogP) is 7.33. The number of nitrogens with two attached hydrogens (primary N) is 1. The van der Waals surface area contributed by atoms with Crippen molar-refractivity contribution in [2.45, 2.75) is 59.3 Å². The summed E-state index contributed by atoms with van der Waals surface area (Å²) in [5.41, 5.74) is 10.00. The third kappa shape index (κ3) is 13.6. The smallest absolute Gasteiger partial charge is 0.439 e. The zero-order chi connectivity index (χ0) is 26.8. The Morgan fingerprint density at radius 2 is 1.30 bits per heavy atom. The molecule has 208 valence electrons. The third-order valence-corrected chi connectivity index (χ3v) is 9.04. The maximum Gasteiger partial charge on any atom is 2.00 e. The summed E-state index contributed by atoms with van der Waals surface area (Å²) in [4.78, 5) is 2.16. The number of nitrogen functional groups attached to an aromatic ring is 1. The van der Waals surface area contributed by atoms with E-state index in [0.717, 1.165) is 16.8 Å². The van der Waals surface area contributed by atoms with E-state index in [-0.39, 0.29) is 27.8 Å². The van der Waals surface area contributed by atoms with Crippen molar-refractivity contribution in [3.63, 3.8) is 0 Å². The van der Waals surface area contributed by atoms with Gasteiger partial charge in [0, 0.05) is 38.7 Å². The molecule has 0 spiro atoms. The van der Waals surface area contributed by atoms with Gasteiger partial charge >= 0.3 is 20.4 Å². The van der Waals surface area contributed by atoms with E-state index in [1.807, 2.05) is 48.5 Å². The Labute approximate surface area is 242 Å². The molecule has 37 heavy (non-hydrogen) atoms. The molecule has 0 unspecified atom stereocenters. The second kappa shape index (κ2) is 17.0. The molecule has 8 heteroatoms. The van der Waals surface area contributed by atoms with Crippen LogP contribution in [0.1, 0.15) is 49.0 Å². The van der Waals surface area contributed by atoms with E-state index in [0.29, 0.717) is 10.3 Å². The van der Waals surface area contributed by atoms with Crippen LogP contribution in [0.3, 0.4) is 0 Å². The Morgan fingerprint density at radius 3 is 1.68 bits per heavy atom. The van der Waals surface area contributed by atoms with Crippen LogP contribution in [-0.4, -0.2) is 29.0 Å². The fraction of sp³-hybridized carbons (Fsp3) is 0.379. The first-order chi connectivity index (χ1) is 16.1. The monoisotopic (exact) mass is 637 g/mol. The standard InChI is InChI=1S/C16H28NP.C12H10N.CH4.HO3S.Pd/c1-15(2,3)18(16(4,5)6)14-11-9-13(10-12-14)17(7)8;13-12-9-5-4-8-11(12)10-6-2-1-3-7-10;;1-4(2)3;/h9-12H,1-8H3;1-6,8-9H,13H2;1H4;(H,1,2,3);/q;-1;;-1;+2/p+1. The summed E-state index contributed by atoms with van der Waals surface area (Å²) in [6.07, 6.45) is 0. The minimum absolute atomic E-state index is 0. The van der Waals surface area contributed by atoms with E-state index in [9.17, 15) is 0 Å². The fourth-order valence-electron chi connectivity index (χ4n) is 4.22. The van der Waals surface area contributed by atoms with Gasteiger partial charge in [0.05, 0.1) is 15.6 Å². The zero-order valence-corrected chi connectivity index (χ0v) is 25.8. The van der Waals surface area contributed by atoms with Crippen molar-refractivity contribution in [3.05, 3.63) is 78.9 Å². The molecule has 0 heterocycles. The molecule has 3 aromatic carbocycles. The van der Waals surface area contributed by atoms with Gasteiger partial charge < -0.3 is 23.6 Å². The molecule has 5 nitrogen and oxygen atoms in total. The van der Waals surface area contributed by atoms with Crippen molar-refractivity contribution >= 4 is 35.6 Å². The quantitative estimate of drug-likeness (QED) is 0.0598. The van der Waals surface area contributed by atoms with Gasteiger partial charge in [-0.05, 0) is 77.6 Å². The largest absolute Gasteiger partial charge is 2.00 e. The van der Waals surface area contributed by atoms with Crippen LogP contribution >= 0.6 is 7.92 Å². The van der Waals surface area contributed by atoms with Gasteiger partial charge in [0.1, 0.15) is 0 Å². The summed E-state index contributed by atoms with van der Waals surface area (Å²) in [5.74, 6) is 0. The minimum Gasteiger partial charge on any atom is -0.439 e. The molecular weight excluding hydrogens is 594 g/mol. The zero-order valence-electron chi connectivity index (χ0n) is 22.4. The number of anilines is 2. The predicted molar refractivity (Wildman–Crippen MR) is 161 cm³/mol. The van der Waals surface area contributed by atoms with Crippen LogP contribution in [0.4, 0.5) is 11.4 Å². The number of para-hydroxylation sites is 1. The number of hydrogen-bond acceptors (Lipinski definition) is 5. The van der Waals surface area contributed by atoms with E-state index >= 15 is 0 Å². The Bertz CT molecular complexity index is 1090. The molecule has 0 fully saturated rings. The molecule has 0 bridgehead atoms. The molecule has 0 saturated carbocycles. The molecule has 0 radical (unpaired) electrons. The molecule has 0 aromatic heterocycles.